The number of hydrogen-bond donors (Lipinski definition) is 2. The first-order chi connectivity index (χ1) is 13.5. The number of fused-ring (bicyclic) bond motifs is 1. The molecule has 0 aliphatic carbocycles. The third-order valence-electron chi connectivity index (χ3n) is 4.84. The van der Waals surface area contributed by atoms with Crippen molar-refractivity contribution in [1.82, 2.24) is 14.5 Å². The van der Waals surface area contributed by atoms with Gasteiger partial charge in [-0.3, -0.25) is 0 Å². The molecule has 0 spiro atoms. The molecule has 2 heterocycles. The summed E-state index contributed by atoms with van der Waals surface area (Å²) in [5.41, 5.74) is 0.121. The van der Waals surface area contributed by atoms with E-state index >= 15 is 0 Å². The quantitative estimate of drug-likeness (QED) is 0.551. The average Bonchev–Trinajstić information content (AvgIpc) is 3.14. The average molecular weight is 396 g/mol. The first-order valence-corrected chi connectivity index (χ1v) is 8.96. The summed E-state index contributed by atoms with van der Waals surface area (Å²) in [6.07, 6.45) is 3.16. The molecule has 0 saturated carbocycles. The van der Waals surface area contributed by atoms with Crippen LogP contribution in [0.2, 0.25) is 5.02 Å². The van der Waals surface area contributed by atoms with Crippen LogP contribution in [0.3, 0.4) is 0 Å². The van der Waals surface area contributed by atoms with Crippen molar-refractivity contribution >= 4 is 22.5 Å². The molecule has 2 aromatic heterocycles. The van der Waals surface area contributed by atoms with Crippen LogP contribution in [0.5, 0.6) is 11.6 Å². The Balaban J connectivity index is 2.16. The summed E-state index contributed by atoms with van der Waals surface area (Å²) in [5, 5.41) is 24.3. The summed E-state index contributed by atoms with van der Waals surface area (Å²) < 4.78 is 6.98. The van der Waals surface area contributed by atoms with E-state index in [2.05, 4.69) is 9.97 Å². The molecule has 0 aliphatic heterocycles. The number of methoxy groups -OCH3 is 1. The Hall–Kier alpha value is -3.09. The van der Waals surface area contributed by atoms with Gasteiger partial charge < -0.3 is 19.5 Å². The monoisotopic (exact) mass is 395 g/mol. The van der Waals surface area contributed by atoms with Gasteiger partial charge in [-0.25, -0.2) is 9.97 Å². The molecule has 0 radical (unpaired) electrons. The van der Waals surface area contributed by atoms with Crippen molar-refractivity contribution in [3.8, 4) is 11.6 Å². The lowest BCUT2D eigenvalue weighted by molar-refractivity contribution is 0.115. The Kier molecular flexibility index (Phi) is 4.45. The van der Waals surface area contributed by atoms with Gasteiger partial charge in [0.15, 0.2) is 11.4 Å². The molecule has 0 bridgehead atoms. The van der Waals surface area contributed by atoms with Crippen LogP contribution in [0.15, 0.2) is 61.1 Å². The summed E-state index contributed by atoms with van der Waals surface area (Å²) >= 11 is 6.06. The minimum Gasteiger partial charge on any atom is -0.503 e. The molecule has 0 amide bonds. The summed E-state index contributed by atoms with van der Waals surface area (Å²) in [4.78, 5) is 8.51. The number of rotatable bonds is 4. The molecule has 2 aromatic carbocycles. The van der Waals surface area contributed by atoms with Crippen molar-refractivity contribution in [2.45, 2.75) is 5.60 Å². The lowest BCUT2D eigenvalue weighted by Crippen LogP contribution is -2.31. The molecule has 0 aliphatic rings. The summed E-state index contributed by atoms with van der Waals surface area (Å²) in [6.45, 7) is 0. The van der Waals surface area contributed by atoms with Gasteiger partial charge in [0.1, 0.15) is 0 Å². The van der Waals surface area contributed by atoms with E-state index in [0.29, 0.717) is 27.2 Å². The molecule has 28 heavy (non-hydrogen) atoms. The number of benzene rings is 2. The Morgan fingerprint density at radius 2 is 1.82 bits per heavy atom. The number of ether oxygens (including phenoxy) is 1. The Labute approximate surface area is 166 Å². The maximum atomic E-state index is 12.1. The minimum atomic E-state index is -1.73. The standard InChI is InChI=1S/C21H18ClN3O3/c1-25-12-23-11-17(25)21(27,13-7-9-14(22)10-8-13)18-15-5-3-4-6-16(15)24-20(28-2)19(18)26/h3-12,26-27H,1-2H3. The number of pyridine rings is 1. The Morgan fingerprint density at radius 3 is 2.46 bits per heavy atom. The molecular formula is C21H18ClN3O3. The number of aliphatic hydroxyl groups is 1. The lowest BCUT2D eigenvalue weighted by atomic mass is 9.81. The number of para-hydroxylation sites is 1. The molecule has 1 atom stereocenters. The Bertz CT molecular complexity index is 1160. The van der Waals surface area contributed by atoms with Gasteiger partial charge in [0, 0.05) is 17.5 Å². The smallest absolute Gasteiger partial charge is 0.257 e. The molecular weight excluding hydrogens is 378 g/mol. The molecule has 6 nitrogen and oxygen atoms in total. The van der Waals surface area contributed by atoms with E-state index in [1.807, 2.05) is 12.1 Å². The van der Waals surface area contributed by atoms with Crippen molar-refractivity contribution in [2.75, 3.05) is 7.11 Å². The Morgan fingerprint density at radius 1 is 1.11 bits per heavy atom. The van der Waals surface area contributed by atoms with Crippen LogP contribution in [-0.2, 0) is 12.6 Å². The highest BCUT2D eigenvalue weighted by Gasteiger charge is 2.41. The van der Waals surface area contributed by atoms with E-state index in [1.54, 1.807) is 60.5 Å². The summed E-state index contributed by atoms with van der Waals surface area (Å²) in [6, 6.07) is 14.1. The van der Waals surface area contributed by atoms with E-state index in [4.69, 9.17) is 16.3 Å². The van der Waals surface area contributed by atoms with E-state index in [0.717, 1.165) is 0 Å². The molecule has 4 aromatic rings. The number of imidazole rings is 1. The predicted octanol–water partition coefficient (Wildman–Crippen LogP) is 3.62. The second-order valence-corrected chi connectivity index (χ2v) is 6.91. The highest BCUT2D eigenvalue weighted by atomic mass is 35.5. The number of aromatic hydroxyl groups is 1. The molecule has 1 unspecified atom stereocenters. The van der Waals surface area contributed by atoms with Gasteiger partial charge in [0.25, 0.3) is 5.88 Å². The number of hydrogen-bond acceptors (Lipinski definition) is 5. The van der Waals surface area contributed by atoms with Crippen LogP contribution in [0.1, 0.15) is 16.8 Å². The van der Waals surface area contributed by atoms with Gasteiger partial charge >= 0.3 is 0 Å². The zero-order valence-corrected chi connectivity index (χ0v) is 16.1. The zero-order chi connectivity index (χ0) is 19.9. The van der Waals surface area contributed by atoms with Gasteiger partial charge in [-0.15, -0.1) is 0 Å². The predicted molar refractivity (Wildman–Crippen MR) is 107 cm³/mol. The van der Waals surface area contributed by atoms with Crippen LogP contribution in [0.25, 0.3) is 10.9 Å². The van der Waals surface area contributed by atoms with Gasteiger partial charge in [-0.05, 0) is 23.8 Å². The van der Waals surface area contributed by atoms with Gasteiger partial charge in [-0.2, -0.15) is 0 Å². The SMILES string of the molecule is COc1nc2ccccc2c(C(O)(c2ccc(Cl)cc2)c2cncn2C)c1O. The number of halogens is 1. The fraction of sp³-hybridized carbons (Fsp3) is 0.143. The molecule has 0 saturated heterocycles. The molecule has 7 heteroatoms. The third kappa shape index (κ3) is 2.69. The van der Waals surface area contributed by atoms with Crippen molar-refractivity contribution in [1.29, 1.82) is 0 Å². The fourth-order valence-corrected chi connectivity index (χ4v) is 3.63. The van der Waals surface area contributed by atoms with Crippen molar-refractivity contribution in [2.24, 2.45) is 7.05 Å². The first kappa shape index (κ1) is 18.3. The second kappa shape index (κ2) is 6.82. The maximum absolute atomic E-state index is 12.1. The van der Waals surface area contributed by atoms with Gasteiger partial charge in [0.2, 0.25) is 0 Å². The highest BCUT2D eigenvalue weighted by molar-refractivity contribution is 6.30. The highest BCUT2D eigenvalue weighted by Crippen LogP contribution is 2.46. The maximum Gasteiger partial charge on any atom is 0.257 e. The largest absolute Gasteiger partial charge is 0.503 e. The third-order valence-corrected chi connectivity index (χ3v) is 5.09. The summed E-state index contributed by atoms with van der Waals surface area (Å²) in [5.74, 6) is -0.205. The van der Waals surface area contributed by atoms with E-state index in [-0.39, 0.29) is 17.2 Å². The second-order valence-electron chi connectivity index (χ2n) is 6.47. The molecule has 2 N–H and O–H groups in total. The fourth-order valence-electron chi connectivity index (χ4n) is 3.51. The van der Waals surface area contributed by atoms with E-state index in [9.17, 15) is 10.2 Å². The topological polar surface area (TPSA) is 80.4 Å². The minimum absolute atomic E-state index is 0.0308. The summed E-state index contributed by atoms with van der Waals surface area (Å²) in [7, 11) is 3.20. The lowest BCUT2D eigenvalue weighted by Gasteiger charge is -2.31. The molecule has 0 fully saturated rings. The zero-order valence-electron chi connectivity index (χ0n) is 15.3. The number of aromatic nitrogens is 3. The van der Waals surface area contributed by atoms with Crippen molar-refractivity contribution in [3.63, 3.8) is 0 Å². The van der Waals surface area contributed by atoms with Crippen LogP contribution >= 0.6 is 11.6 Å². The van der Waals surface area contributed by atoms with Gasteiger partial charge in [0.05, 0.1) is 36.4 Å². The van der Waals surface area contributed by atoms with Crippen LogP contribution in [0.4, 0.5) is 0 Å². The normalized spacial score (nSPS) is 13.4. The molecule has 4 rings (SSSR count). The van der Waals surface area contributed by atoms with Crippen molar-refractivity contribution < 1.29 is 14.9 Å². The number of aryl methyl sites for hydroxylation is 1. The van der Waals surface area contributed by atoms with E-state index in [1.165, 1.54) is 7.11 Å². The first-order valence-electron chi connectivity index (χ1n) is 8.58. The van der Waals surface area contributed by atoms with Crippen molar-refractivity contribution in [3.05, 3.63) is 82.9 Å². The van der Waals surface area contributed by atoms with Gasteiger partial charge in [-0.1, -0.05) is 41.9 Å². The van der Waals surface area contributed by atoms with Crippen LogP contribution in [0, 0.1) is 0 Å². The van der Waals surface area contributed by atoms with E-state index < -0.39 is 5.60 Å². The van der Waals surface area contributed by atoms with Crippen LogP contribution in [-0.4, -0.2) is 31.9 Å². The molecule has 142 valence electrons. The number of nitrogens with zero attached hydrogens (tertiary/aromatic N) is 3. The van der Waals surface area contributed by atoms with Crippen LogP contribution < -0.4 is 4.74 Å².